The summed E-state index contributed by atoms with van der Waals surface area (Å²) in [6.45, 7) is 4.99. The molecule has 0 fully saturated rings. The molecule has 0 spiro atoms. The molecule has 0 bridgehead atoms. The van der Waals surface area contributed by atoms with Crippen LogP contribution in [0.5, 0.6) is 5.75 Å². The van der Waals surface area contributed by atoms with E-state index < -0.39 is 33.6 Å². The van der Waals surface area contributed by atoms with Crippen LogP contribution < -0.4 is 15.4 Å². The Balaban J connectivity index is 2.70. The first kappa shape index (κ1) is 22.7. The number of alkyl carbamates (subject to hydrolysis) is 1. The molecule has 2 amide bonds. The van der Waals surface area contributed by atoms with Gasteiger partial charge in [0, 0.05) is 13.5 Å². The maximum atomic E-state index is 12.0. The van der Waals surface area contributed by atoms with Gasteiger partial charge in [-0.25, -0.2) is 4.79 Å². The average molecular weight is 402 g/mol. The lowest BCUT2D eigenvalue weighted by molar-refractivity contribution is -0.122. The number of ether oxygens (including phenoxy) is 2. The van der Waals surface area contributed by atoms with Gasteiger partial charge < -0.3 is 20.1 Å². The summed E-state index contributed by atoms with van der Waals surface area (Å²) < 4.78 is 40.4. The van der Waals surface area contributed by atoms with Crippen LogP contribution in [0.25, 0.3) is 0 Å². The molecule has 0 saturated heterocycles. The summed E-state index contributed by atoms with van der Waals surface area (Å²) in [5.41, 5.74) is 0.0695. The van der Waals surface area contributed by atoms with Gasteiger partial charge in [0.1, 0.15) is 29.8 Å². The third kappa shape index (κ3) is 9.80. The van der Waals surface area contributed by atoms with Crippen molar-refractivity contribution in [2.75, 3.05) is 19.4 Å². The van der Waals surface area contributed by atoms with Gasteiger partial charge in [-0.15, -0.1) is 0 Å². The topological polar surface area (TPSA) is 131 Å². The van der Waals surface area contributed by atoms with E-state index in [0.29, 0.717) is 5.75 Å². The Bertz CT molecular complexity index is 740. The summed E-state index contributed by atoms with van der Waals surface area (Å²) >= 11 is 0. The minimum Gasteiger partial charge on any atom is -0.492 e. The van der Waals surface area contributed by atoms with Crippen molar-refractivity contribution < 1.29 is 32.0 Å². The van der Waals surface area contributed by atoms with Crippen LogP contribution in [0.1, 0.15) is 26.3 Å². The summed E-state index contributed by atoms with van der Waals surface area (Å²) in [5.74, 6) is -0.457. The molecule has 9 nitrogen and oxygen atoms in total. The van der Waals surface area contributed by atoms with Gasteiger partial charge in [-0.3, -0.25) is 9.35 Å². The maximum Gasteiger partial charge on any atom is 0.408 e. The molecule has 0 aromatic heterocycles. The highest BCUT2D eigenvalue weighted by molar-refractivity contribution is 7.85. The predicted molar refractivity (Wildman–Crippen MR) is 99.3 cm³/mol. The van der Waals surface area contributed by atoms with E-state index in [-0.39, 0.29) is 18.9 Å². The molecule has 27 heavy (non-hydrogen) atoms. The Kier molecular flexibility index (Phi) is 8.04. The van der Waals surface area contributed by atoms with Crippen LogP contribution in [0, 0.1) is 0 Å². The Morgan fingerprint density at radius 2 is 1.78 bits per heavy atom. The van der Waals surface area contributed by atoms with E-state index in [1.807, 2.05) is 0 Å². The highest BCUT2D eigenvalue weighted by Crippen LogP contribution is 2.14. The number of benzene rings is 1. The summed E-state index contributed by atoms with van der Waals surface area (Å²) in [4.78, 5) is 24.0. The van der Waals surface area contributed by atoms with Gasteiger partial charge in [0.05, 0.1) is 0 Å². The Morgan fingerprint density at radius 1 is 1.19 bits per heavy atom. The van der Waals surface area contributed by atoms with E-state index >= 15 is 0 Å². The van der Waals surface area contributed by atoms with Crippen LogP contribution in [0.15, 0.2) is 24.3 Å². The summed E-state index contributed by atoms with van der Waals surface area (Å²) in [5, 5.41) is 5.03. The first-order valence-corrected chi connectivity index (χ1v) is 9.88. The van der Waals surface area contributed by atoms with Gasteiger partial charge in [0.15, 0.2) is 0 Å². The van der Waals surface area contributed by atoms with Crippen molar-refractivity contribution in [3.05, 3.63) is 29.8 Å². The number of nitrogens with one attached hydrogen (secondary N) is 2. The fraction of sp³-hybridized carbons (Fsp3) is 0.529. The highest BCUT2D eigenvalue weighted by atomic mass is 32.2. The largest absolute Gasteiger partial charge is 0.492 e. The molecule has 0 heterocycles. The smallest absolute Gasteiger partial charge is 0.408 e. The summed E-state index contributed by atoms with van der Waals surface area (Å²) in [6, 6.07) is 5.77. The molecule has 0 aliphatic rings. The molecule has 152 valence electrons. The molecule has 10 heteroatoms. The summed E-state index contributed by atoms with van der Waals surface area (Å²) in [7, 11) is -2.61. The molecule has 1 rings (SSSR count). The molecule has 0 unspecified atom stereocenters. The normalized spacial score (nSPS) is 12.8. The number of hydrogen-bond acceptors (Lipinski definition) is 6. The Morgan fingerprint density at radius 3 is 2.26 bits per heavy atom. The van der Waals surface area contributed by atoms with Crippen molar-refractivity contribution in [1.29, 1.82) is 0 Å². The maximum absolute atomic E-state index is 12.0. The van der Waals surface area contributed by atoms with Crippen LogP contribution in [-0.2, 0) is 26.1 Å². The van der Waals surface area contributed by atoms with Gasteiger partial charge in [0.25, 0.3) is 10.1 Å². The lowest BCUT2D eigenvalue weighted by Crippen LogP contribution is -2.48. The molecular weight excluding hydrogens is 376 g/mol. The molecule has 3 N–H and O–H groups in total. The van der Waals surface area contributed by atoms with Gasteiger partial charge >= 0.3 is 6.09 Å². The second kappa shape index (κ2) is 9.56. The zero-order valence-corrected chi connectivity index (χ0v) is 16.6. The second-order valence-electron chi connectivity index (χ2n) is 6.80. The van der Waals surface area contributed by atoms with E-state index in [9.17, 15) is 18.0 Å². The fourth-order valence-electron chi connectivity index (χ4n) is 2.06. The van der Waals surface area contributed by atoms with Gasteiger partial charge in [-0.05, 0) is 38.5 Å². The molecule has 0 aliphatic carbocycles. The lowest BCUT2D eigenvalue weighted by atomic mass is 10.1. The third-order valence-corrected chi connectivity index (χ3v) is 3.91. The third-order valence-electron chi connectivity index (χ3n) is 3.23. The molecule has 0 saturated carbocycles. The van der Waals surface area contributed by atoms with E-state index in [1.165, 1.54) is 7.05 Å². The van der Waals surface area contributed by atoms with Crippen molar-refractivity contribution in [3.63, 3.8) is 0 Å². The number of carbonyl (C=O) groups excluding carboxylic acids is 2. The Labute approximate surface area is 159 Å². The molecular formula is C17H26N2O7S. The second-order valence-corrected chi connectivity index (χ2v) is 8.37. The highest BCUT2D eigenvalue weighted by Gasteiger charge is 2.24. The fourth-order valence-corrected chi connectivity index (χ4v) is 2.35. The number of likely N-dealkylation sites (N-methyl/N-ethyl adjacent to an activating group) is 1. The minimum atomic E-state index is -4.08. The van der Waals surface area contributed by atoms with Crippen molar-refractivity contribution in [2.24, 2.45) is 0 Å². The van der Waals surface area contributed by atoms with Crippen molar-refractivity contribution in [3.8, 4) is 5.75 Å². The number of carbonyl (C=O) groups is 2. The lowest BCUT2D eigenvalue weighted by Gasteiger charge is -2.23. The first-order chi connectivity index (χ1) is 12.4. The van der Waals surface area contributed by atoms with Gasteiger partial charge in [-0.1, -0.05) is 12.1 Å². The quantitative estimate of drug-likeness (QED) is 0.556. The zero-order valence-electron chi connectivity index (χ0n) is 15.8. The molecule has 1 aromatic rings. The molecule has 1 atom stereocenters. The van der Waals surface area contributed by atoms with Crippen LogP contribution in [-0.4, -0.2) is 56.0 Å². The predicted octanol–water partition coefficient (Wildman–Crippen LogP) is 1.13. The van der Waals surface area contributed by atoms with Crippen molar-refractivity contribution in [2.45, 2.75) is 38.8 Å². The summed E-state index contributed by atoms with van der Waals surface area (Å²) in [6.07, 6.45) is -0.467. The van der Waals surface area contributed by atoms with E-state index in [1.54, 1.807) is 45.0 Å². The standard InChI is InChI=1S/C17H26N2O7S/c1-17(2,3)26-16(21)19-14(15(20)18-4)11-12-5-7-13(8-6-12)25-9-10-27(22,23)24/h5-8,14H,9-11H2,1-4H3,(H,18,20)(H,19,21)(H,22,23,24)/t14-/m0/s1. The van der Waals surface area contributed by atoms with Crippen LogP contribution >= 0.6 is 0 Å². The van der Waals surface area contributed by atoms with Gasteiger partial charge in [0.2, 0.25) is 5.91 Å². The van der Waals surface area contributed by atoms with Crippen LogP contribution in [0.2, 0.25) is 0 Å². The van der Waals surface area contributed by atoms with E-state index in [0.717, 1.165) is 5.56 Å². The van der Waals surface area contributed by atoms with E-state index in [4.69, 9.17) is 14.0 Å². The van der Waals surface area contributed by atoms with E-state index in [2.05, 4.69) is 10.6 Å². The average Bonchev–Trinajstić information content (AvgIpc) is 2.52. The van der Waals surface area contributed by atoms with Crippen LogP contribution in [0.3, 0.4) is 0 Å². The number of rotatable bonds is 8. The zero-order chi connectivity index (χ0) is 20.7. The molecule has 0 aliphatic heterocycles. The SMILES string of the molecule is CNC(=O)[C@H](Cc1ccc(OCCS(=O)(=O)O)cc1)NC(=O)OC(C)(C)C. The van der Waals surface area contributed by atoms with Gasteiger partial charge in [-0.2, -0.15) is 8.42 Å². The first-order valence-electron chi connectivity index (χ1n) is 8.27. The van der Waals surface area contributed by atoms with Crippen molar-refractivity contribution >= 4 is 22.1 Å². The Hall–Kier alpha value is -2.33. The molecule has 0 radical (unpaired) electrons. The molecule has 1 aromatic carbocycles. The van der Waals surface area contributed by atoms with Crippen molar-refractivity contribution in [1.82, 2.24) is 10.6 Å². The number of hydrogen-bond donors (Lipinski definition) is 3. The number of amides is 2. The minimum absolute atomic E-state index is 0.181. The van der Waals surface area contributed by atoms with Crippen LogP contribution in [0.4, 0.5) is 4.79 Å². The monoisotopic (exact) mass is 402 g/mol.